The Morgan fingerprint density at radius 2 is 2.15 bits per heavy atom. The molecule has 1 aromatic carbocycles. The summed E-state index contributed by atoms with van der Waals surface area (Å²) in [7, 11) is 0. The predicted octanol–water partition coefficient (Wildman–Crippen LogP) is 3.10. The van der Waals surface area contributed by atoms with E-state index in [-0.39, 0.29) is 6.61 Å². The Labute approximate surface area is 122 Å². The van der Waals surface area contributed by atoms with Crippen molar-refractivity contribution in [2.75, 3.05) is 13.2 Å². The average Bonchev–Trinajstić information content (AvgIpc) is 2.44. The van der Waals surface area contributed by atoms with E-state index in [1.807, 2.05) is 51.1 Å². The van der Waals surface area contributed by atoms with Gasteiger partial charge in [0.25, 0.3) is 0 Å². The molecule has 0 spiro atoms. The third-order valence-electron chi connectivity index (χ3n) is 2.85. The van der Waals surface area contributed by atoms with Gasteiger partial charge in [-0.05, 0) is 18.6 Å². The minimum absolute atomic E-state index is 0.269. The van der Waals surface area contributed by atoms with Crippen LogP contribution in [0, 0.1) is 0 Å². The molecule has 0 aliphatic rings. The second-order valence-corrected chi connectivity index (χ2v) is 4.99. The highest BCUT2D eigenvalue weighted by molar-refractivity contribution is 5.69. The minimum atomic E-state index is -0.525. The number of aliphatic hydroxyl groups excluding tert-OH is 1. The summed E-state index contributed by atoms with van der Waals surface area (Å²) in [6.07, 6.45) is 5.24. The Bertz CT molecular complexity index is 452. The zero-order chi connectivity index (χ0) is 15.0. The summed E-state index contributed by atoms with van der Waals surface area (Å²) in [4.78, 5) is 0. The first-order chi connectivity index (χ1) is 9.58. The Morgan fingerprint density at radius 1 is 1.40 bits per heavy atom. The Morgan fingerprint density at radius 3 is 2.75 bits per heavy atom. The average molecular weight is 275 g/mol. The Balaban J connectivity index is 2.70. The van der Waals surface area contributed by atoms with Gasteiger partial charge in [0.15, 0.2) is 0 Å². The first kappa shape index (κ1) is 16.5. The molecular formula is C17H25NO2. The molecule has 3 heteroatoms. The maximum absolute atomic E-state index is 9.88. The summed E-state index contributed by atoms with van der Waals surface area (Å²) in [5, 5.41) is 13.1. The van der Waals surface area contributed by atoms with Gasteiger partial charge in [0.05, 0.1) is 0 Å². The third kappa shape index (κ3) is 5.19. The fourth-order valence-corrected chi connectivity index (χ4v) is 1.83. The van der Waals surface area contributed by atoms with Crippen molar-refractivity contribution in [3.63, 3.8) is 0 Å². The van der Waals surface area contributed by atoms with Crippen LogP contribution in [-0.2, 0) is 0 Å². The van der Waals surface area contributed by atoms with Crippen molar-refractivity contribution in [2.24, 2.45) is 0 Å². The maximum atomic E-state index is 9.88. The minimum Gasteiger partial charge on any atom is -0.490 e. The molecule has 0 saturated heterocycles. The van der Waals surface area contributed by atoms with E-state index in [0.29, 0.717) is 12.6 Å². The van der Waals surface area contributed by atoms with Crippen LogP contribution in [0.4, 0.5) is 0 Å². The molecule has 0 amide bonds. The third-order valence-corrected chi connectivity index (χ3v) is 2.85. The molecule has 0 fully saturated rings. The molecule has 1 unspecified atom stereocenters. The monoisotopic (exact) mass is 275 g/mol. The summed E-state index contributed by atoms with van der Waals surface area (Å²) in [5.74, 6) is 0.768. The molecule has 20 heavy (non-hydrogen) atoms. The topological polar surface area (TPSA) is 41.5 Å². The van der Waals surface area contributed by atoms with E-state index in [1.165, 1.54) is 0 Å². The smallest absolute Gasteiger partial charge is 0.127 e. The molecule has 2 N–H and O–H groups in total. The van der Waals surface area contributed by atoms with Crippen molar-refractivity contribution in [1.82, 2.24) is 5.32 Å². The summed E-state index contributed by atoms with van der Waals surface area (Å²) in [6.45, 7) is 10.7. The molecule has 110 valence electrons. The van der Waals surface area contributed by atoms with Gasteiger partial charge < -0.3 is 15.2 Å². The molecule has 0 aromatic heterocycles. The number of allylic oxidation sites excluding steroid dienone is 1. The van der Waals surface area contributed by atoms with Crippen molar-refractivity contribution in [3.05, 3.63) is 42.0 Å². The first-order valence-corrected chi connectivity index (χ1v) is 7.00. The fourth-order valence-electron chi connectivity index (χ4n) is 1.83. The van der Waals surface area contributed by atoms with E-state index in [1.54, 1.807) is 6.08 Å². The molecule has 1 aromatic rings. The number of rotatable bonds is 8. The van der Waals surface area contributed by atoms with Gasteiger partial charge in [0.2, 0.25) is 0 Å². The lowest BCUT2D eigenvalue weighted by Gasteiger charge is -2.16. The lowest BCUT2D eigenvalue weighted by atomic mass is 10.1. The summed E-state index contributed by atoms with van der Waals surface area (Å²) in [5.41, 5.74) is 2.02. The van der Waals surface area contributed by atoms with E-state index in [0.717, 1.165) is 16.9 Å². The van der Waals surface area contributed by atoms with Crippen LogP contribution in [-0.4, -0.2) is 30.4 Å². The molecule has 0 heterocycles. The van der Waals surface area contributed by atoms with Gasteiger partial charge in [0.1, 0.15) is 18.5 Å². The predicted molar refractivity (Wildman–Crippen MR) is 85.9 cm³/mol. The molecule has 1 rings (SSSR count). The lowest BCUT2D eigenvalue weighted by molar-refractivity contribution is 0.104. The number of aliphatic hydroxyl groups is 1. The zero-order valence-electron chi connectivity index (χ0n) is 12.6. The van der Waals surface area contributed by atoms with E-state index in [4.69, 9.17) is 4.74 Å². The van der Waals surface area contributed by atoms with Crippen LogP contribution in [0.25, 0.3) is 12.2 Å². The van der Waals surface area contributed by atoms with Crippen LogP contribution in [0.2, 0.25) is 0 Å². The first-order valence-electron chi connectivity index (χ1n) is 7.00. The van der Waals surface area contributed by atoms with E-state index in [9.17, 15) is 5.11 Å². The highest BCUT2D eigenvalue weighted by Gasteiger charge is 2.09. The fraction of sp³-hybridized carbons (Fsp3) is 0.412. The van der Waals surface area contributed by atoms with Gasteiger partial charge in [-0.15, -0.1) is 0 Å². The van der Waals surface area contributed by atoms with Crippen LogP contribution < -0.4 is 10.1 Å². The maximum Gasteiger partial charge on any atom is 0.127 e. The Hall–Kier alpha value is -1.58. The summed E-state index contributed by atoms with van der Waals surface area (Å²) >= 11 is 0. The number of ether oxygens (including phenoxy) is 1. The van der Waals surface area contributed by atoms with Crippen molar-refractivity contribution >= 4 is 12.2 Å². The summed E-state index contributed by atoms with van der Waals surface area (Å²) in [6, 6.07) is 6.18. The van der Waals surface area contributed by atoms with Crippen LogP contribution in [0.1, 0.15) is 31.9 Å². The number of hydrogen-bond donors (Lipinski definition) is 2. The van der Waals surface area contributed by atoms with Gasteiger partial charge in [-0.25, -0.2) is 0 Å². The van der Waals surface area contributed by atoms with E-state index >= 15 is 0 Å². The van der Waals surface area contributed by atoms with Crippen LogP contribution in [0.15, 0.2) is 30.9 Å². The molecule has 0 bridgehead atoms. The van der Waals surface area contributed by atoms with Crippen molar-refractivity contribution in [1.29, 1.82) is 0 Å². The highest BCUT2D eigenvalue weighted by atomic mass is 16.5. The van der Waals surface area contributed by atoms with Gasteiger partial charge in [-0.2, -0.15) is 0 Å². The van der Waals surface area contributed by atoms with Gasteiger partial charge >= 0.3 is 0 Å². The van der Waals surface area contributed by atoms with E-state index in [2.05, 4.69) is 11.9 Å². The highest BCUT2D eigenvalue weighted by Crippen LogP contribution is 2.25. The molecule has 0 aliphatic carbocycles. The van der Waals surface area contributed by atoms with Crippen LogP contribution in [0.5, 0.6) is 5.75 Å². The van der Waals surface area contributed by atoms with Gasteiger partial charge in [0, 0.05) is 18.2 Å². The molecule has 0 radical (unpaired) electrons. The quantitative estimate of drug-likeness (QED) is 0.766. The summed E-state index contributed by atoms with van der Waals surface area (Å²) < 4.78 is 5.74. The number of benzene rings is 1. The molecule has 0 aliphatic heterocycles. The van der Waals surface area contributed by atoms with Gasteiger partial charge in [-0.3, -0.25) is 0 Å². The van der Waals surface area contributed by atoms with Crippen molar-refractivity contribution < 1.29 is 9.84 Å². The second kappa shape index (κ2) is 8.56. The molecule has 0 saturated carbocycles. The number of hydrogen-bond acceptors (Lipinski definition) is 3. The molecule has 1 atom stereocenters. The number of nitrogens with one attached hydrogen (secondary N) is 1. The Kier molecular flexibility index (Phi) is 7.05. The second-order valence-electron chi connectivity index (χ2n) is 4.99. The SMILES string of the molecule is C=Cc1cccc(OCC(O)CNC(C)C)c1/C=C\C. The van der Waals surface area contributed by atoms with Crippen LogP contribution >= 0.6 is 0 Å². The molecule has 3 nitrogen and oxygen atoms in total. The zero-order valence-corrected chi connectivity index (χ0v) is 12.6. The standard InChI is InChI=1S/C17H25NO2/c1-5-8-16-14(6-2)9-7-10-17(16)20-12-15(19)11-18-13(3)4/h5-10,13,15,18-19H,2,11-12H2,1,3-4H3/b8-5-. The largest absolute Gasteiger partial charge is 0.490 e. The van der Waals surface area contributed by atoms with Crippen molar-refractivity contribution in [2.45, 2.75) is 32.9 Å². The van der Waals surface area contributed by atoms with Crippen LogP contribution in [0.3, 0.4) is 0 Å². The van der Waals surface area contributed by atoms with Gasteiger partial charge in [-0.1, -0.05) is 50.8 Å². The molecular weight excluding hydrogens is 250 g/mol. The van der Waals surface area contributed by atoms with Crippen molar-refractivity contribution in [3.8, 4) is 5.75 Å². The lowest BCUT2D eigenvalue weighted by Crippen LogP contribution is -2.35. The normalized spacial score (nSPS) is 12.8. The van der Waals surface area contributed by atoms with E-state index < -0.39 is 6.10 Å².